The number of rotatable bonds is 9. The third-order valence-corrected chi connectivity index (χ3v) is 4.76. The van der Waals surface area contributed by atoms with Gasteiger partial charge in [0.15, 0.2) is 0 Å². The molecule has 2 heterocycles. The number of carbonyl (C=O) groups is 3. The van der Waals surface area contributed by atoms with Gasteiger partial charge in [0, 0.05) is 31.9 Å². The molecule has 1 saturated heterocycles. The minimum atomic E-state index is -0.664. The lowest BCUT2D eigenvalue weighted by Crippen LogP contribution is -2.34. The minimum Gasteiger partial charge on any atom is -0.497 e. The third kappa shape index (κ3) is 5.54. The van der Waals surface area contributed by atoms with Gasteiger partial charge in [-0.25, -0.2) is 4.79 Å². The van der Waals surface area contributed by atoms with E-state index in [9.17, 15) is 14.4 Å². The molecule has 29 heavy (non-hydrogen) atoms. The fourth-order valence-corrected chi connectivity index (χ4v) is 3.08. The molecule has 8 heteroatoms. The molecule has 0 bridgehead atoms. The van der Waals surface area contributed by atoms with Crippen LogP contribution >= 0.6 is 0 Å². The van der Waals surface area contributed by atoms with Gasteiger partial charge in [-0.05, 0) is 42.2 Å². The second kappa shape index (κ2) is 9.68. The molecule has 152 valence electrons. The zero-order valence-electron chi connectivity index (χ0n) is 16.3. The van der Waals surface area contributed by atoms with E-state index in [-0.39, 0.29) is 24.7 Å². The number of pyridine rings is 1. The number of ether oxygens (including phenoxy) is 1. The van der Waals surface area contributed by atoms with Gasteiger partial charge in [-0.1, -0.05) is 18.2 Å². The van der Waals surface area contributed by atoms with Gasteiger partial charge in [0.2, 0.25) is 5.91 Å². The third-order valence-electron chi connectivity index (χ3n) is 4.76. The second-order valence-electron chi connectivity index (χ2n) is 6.77. The fourth-order valence-electron chi connectivity index (χ4n) is 3.08. The molecule has 1 fully saturated rings. The number of imide groups is 1. The van der Waals surface area contributed by atoms with Crippen molar-refractivity contribution in [3.05, 3.63) is 59.9 Å². The summed E-state index contributed by atoms with van der Waals surface area (Å²) in [6.07, 6.45) is 4.33. The lowest BCUT2D eigenvalue weighted by molar-refractivity contribution is -0.127. The Kier molecular flexibility index (Phi) is 6.78. The van der Waals surface area contributed by atoms with Crippen LogP contribution in [0, 0.1) is 0 Å². The highest BCUT2D eigenvalue weighted by atomic mass is 16.5. The highest BCUT2D eigenvalue weighted by Gasteiger charge is 2.37. The van der Waals surface area contributed by atoms with Gasteiger partial charge in [-0.2, -0.15) is 0 Å². The molecule has 0 spiro atoms. The number of hydrogen-bond acceptors (Lipinski definition) is 5. The number of carbonyl (C=O) groups excluding carboxylic acids is 3. The smallest absolute Gasteiger partial charge is 0.324 e. The molecule has 0 aliphatic carbocycles. The Morgan fingerprint density at radius 3 is 2.69 bits per heavy atom. The Morgan fingerprint density at radius 2 is 2.00 bits per heavy atom. The van der Waals surface area contributed by atoms with Crippen LogP contribution in [0.25, 0.3) is 0 Å². The SMILES string of the molecule is COc1ccc(CCN2C(=O)N[C@@H](CCC(=O)NCc3cccnc3)C2=O)cc1. The van der Waals surface area contributed by atoms with E-state index >= 15 is 0 Å². The van der Waals surface area contributed by atoms with Crippen LogP contribution < -0.4 is 15.4 Å². The van der Waals surface area contributed by atoms with Crippen molar-refractivity contribution >= 4 is 17.8 Å². The van der Waals surface area contributed by atoms with Crippen LogP contribution in [0.4, 0.5) is 4.79 Å². The largest absolute Gasteiger partial charge is 0.497 e. The van der Waals surface area contributed by atoms with Crippen molar-refractivity contribution in [2.24, 2.45) is 0 Å². The first-order valence-electron chi connectivity index (χ1n) is 9.47. The van der Waals surface area contributed by atoms with E-state index < -0.39 is 12.1 Å². The summed E-state index contributed by atoms with van der Waals surface area (Å²) in [5.41, 5.74) is 1.90. The molecule has 1 atom stereocenters. The molecule has 1 aliphatic heterocycles. The lowest BCUT2D eigenvalue weighted by atomic mass is 10.1. The van der Waals surface area contributed by atoms with Crippen LogP contribution in [0.15, 0.2) is 48.8 Å². The van der Waals surface area contributed by atoms with Crippen molar-refractivity contribution in [1.82, 2.24) is 20.5 Å². The molecule has 1 aliphatic rings. The zero-order chi connectivity index (χ0) is 20.6. The van der Waals surface area contributed by atoms with E-state index in [2.05, 4.69) is 15.6 Å². The number of benzene rings is 1. The minimum absolute atomic E-state index is 0.156. The zero-order valence-corrected chi connectivity index (χ0v) is 16.3. The maximum Gasteiger partial charge on any atom is 0.324 e. The monoisotopic (exact) mass is 396 g/mol. The normalized spacial score (nSPS) is 15.9. The number of nitrogens with zero attached hydrogens (tertiary/aromatic N) is 2. The topological polar surface area (TPSA) is 101 Å². The van der Waals surface area contributed by atoms with Crippen molar-refractivity contribution in [2.45, 2.75) is 31.8 Å². The molecular formula is C21H24N4O4. The molecule has 1 aromatic carbocycles. The van der Waals surface area contributed by atoms with Crippen molar-refractivity contribution in [3.8, 4) is 5.75 Å². The summed E-state index contributed by atoms with van der Waals surface area (Å²) in [4.78, 5) is 41.9. The predicted molar refractivity (Wildman–Crippen MR) is 106 cm³/mol. The van der Waals surface area contributed by atoms with Gasteiger partial charge in [-0.15, -0.1) is 0 Å². The van der Waals surface area contributed by atoms with Gasteiger partial charge >= 0.3 is 6.03 Å². The molecule has 4 amide bonds. The van der Waals surface area contributed by atoms with Gasteiger partial charge in [-0.3, -0.25) is 19.5 Å². The number of aromatic nitrogens is 1. The molecule has 3 rings (SSSR count). The summed E-state index contributed by atoms with van der Waals surface area (Å²) in [5.74, 6) is 0.293. The average molecular weight is 396 g/mol. The van der Waals surface area contributed by atoms with Gasteiger partial charge in [0.25, 0.3) is 5.91 Å². The summed E-state index contributed by atoms with van der Waals surface area (Å²) in [7, 11) is 1.60. The number of amides is 4. The van der Waals surface area contributed by atoms with Crippen LogP contribution in [0.2, 0.25) is 0 Å². The van der Waals surface area contributed by atoms with Crippen LogP contribution in [0.5, 0.6) is 5.75 Å². The Morgan fingerprint density at radius 1 is 1.21 bits per heavy atom. The summed E-state index contributed by atoms with van der Waals surface area (Å²) >= 11 is 0. The van der Waals surface area contributed by atoms with Crippen molar-refractivity contribution in [3.63, 3.8) is 0 Å². The van der Waals surface area contributed by atoms with E-state index in [1.54, 1.807) is 25.6 Å². The first kappa shape index (κ1) is 20.3. The Balaban J connectivity index is 1.43. The van der Waals surface area contributed by atoms with E-state index in [1.165, 1.54) is 4.90 Å². The van der Waals surface area contributed by atoms with Crippen molar-refractivity contribution in [2.75, 3.05) is 13.7 Å². The summed E-state index contributed by atoms with van der Waals surface area (Å²) in [6.45, 7) is 0.673. The lowest BCUT2D eigenvalue weighted by Gasteiger charge is -2.13. The number of nitrogens with one attached hydrogen (secondary N) is 2. The number of hydrogen-bond donors (Lipinski definition) is 2. The molecule has 1 aromatic heterocycles. The van der Waals surface area contributed by atoms with E-state index in [1.807, 2.05) is 30.3 Å². The standard InChI is InChI=1S/C21H24N4O4/c1-29-17-6-4-15(5-7-17)10-12-25-20(27)18(24-21(25)28)8-9-19(26)23-14-16-3-2-11-22-13-16/h2-7,11,13,18H,8-10,12,14H2,1H3,(H,23,26)(H,24,28)/t18-/m0/s1. The van der Waals surface area contributed by atoms with E-state index in [0.29, 0.717) is 19.5 Å². The molecule has 2 aromatic rings. The molecule has 0 unspecified atom stereocenters. The summed E-state index contributed by atoms with van der Waals surface area (Å²) < 4.78 is 5.12. The molecule has 2 N–H and O–H groups in total. The van der Waals surface area contributed by atoms with E-state index in [4.69, 9.17) is 4.74 Å². The highest BCUT2D eigenvalue weighted by Crippen LogP contribution is 2.15. The van der Waals surface area contributed by atoms with Gasteiger partial charge in [0.05, 0.1) is 7.11 Å². The second-order valence-corrected chi connectivity index (χ2v) is 6.77. The predicted octanol–water partition coefficient (Wildman–Crippen LogP) is 1.65. The average Bonchev–Trinajstić information content (AvgIpc) is 3.03. The van der Waals surface area contributed by atoms with Crippen molar-refractivity contribution < 1.29 is 19.1 Å². The molecule has 0 saturated carbocycles. The van der Waals surface area contributed by atoms with Crippen LogP contribution in [-0.4, -0.2) is 47.4 Å². The van der Waals surface area contributed by atoms with E-state index in [0.717, 1.165) is 16.9 Å². The Bertz CT molecular complexity index is 855. The Labute approximate surface area is 169 Å². The van der Waals surface area contributed by atoms with Crippen LogP contribution in [0.3, 0.4) is 0 Å². The Hall–Kier alpha value is -3.42. The molecule has 8 nitrogen and oxygen atoms in total. The van der Waals surface area contributed by atoms with Gasteiger partial charge in [0.1, 0.15) is 11.8 Å². The first-order chi connectivity index (χ1) is 14.1. The summed E-state index contributed by atoms with van der Waals surface area (Å²) in [6, 6.07) is 10.1. The molecule has 0 radical (unpaired) electrons. The quantitative estimate of drug-likeness (QED) is 0.628. The molecular weight excluding hydrogens is 372 g/mol. The fraction of sp³-hybridized carbons (Fsp3) is 0.333. The van der Waals surface area contributed by atoms with Crippen LogP contribution in [-0.2, 0) is 22.6 Å². The number of methoxy groups -OCH3 is 1. The van der Waals surface area contributed by atoms with Crippen molar-refractivity contribution in [1.29, 1.82) is 0 Å². The van der Waals surface area contributed by atoms with Gasteiger partial charge < -0.3 is 15.4 Å². The van der Waals surface area contributed by atoms with Crippen LogP contribution in [0.1, 0.15) is 24.0 Å². The number of urea groups is 1. The summed E-state index contributed by atoms with van der Waals surface area (Å²) in [5, 5.41) is 5.45. The maximum atomic E-state index is 12.5. The highest BCUT2D eigenvalue weighted by molar-refractivity contribution is 6.04. The maximum absolute atomic E-state index is 12.5. The first-order valence-corrected chi connectivity index (χ1v) is 9.47.